The lowest BCUT2D eigenvalue weighted by Gasteiger charge is -2.06. The molecule has 11 heavy (non-hydrogen) atoms. The van der Waals surface area contributed by atoms with Gasteiger partial charge in [-0.25, -0.2) is 8.78 Å². The molecule has 0 saturated heterocycles. The van der Waals surface area contributed by atoms with Gasteiger partial charge >= 0.3 is 5.97 Å². The quantitative estimate of drug-likeness (QED) is 0.661. The number of hydrogen-bond acceptors (Lipinski definition) is 3. The maximum absolute atomic E-state index is 11.5. The van der Waals surface area contributed by atoms with E-state index in [9.17, 15) is 13.6 Å². The molecule has 0 radical (unpaired) electrons. The molecule has 0 aliphatic heterocycles. The maximum atomic E-state index is 11.5. The highest BCUT2D eigenvalue weighted by Crippen LogP contribution is 2.02. The van der Waals surface area contributed by atoms with E-state index in [1.54, 1.807) is 0 Å². The standard InChI is InChI=1S/C5H9F2NO2.ClH/c1-10-5(9)3(8)2-4(6)7;/h3-4H,2,8H2,1H3;1H/t3-;/m1./s1. The van der Waals surface area contributed by atoms with Crippen LogP contribution in [0.5, 0.6) is 0 Å². The number of alkyl halides is 2. The fourth-order valence-electron chi connectivity index (χ4n) is 0.440. The van der Waals surface area contributed by atoms with E-state index in [-0.39, 0.29) is 12.4 Å². The van der Waals surface area contributed by atoms with Crippen molar-refractivity contribution < 1.29 is 18.3 Å². The van der Waals surface area contributed by atoms with Gasteiger partial charge in [0.15, 0.2) is 0 Å². The smallest absolute Gasteiger partial charge is 0.322 e. The summed E-state index contributed by atoms with van der Waals surface area (Å²) < 4.78 is 27.1. The molecule has 3 nitrogen and oxygen atoms in total. The Hall–Kier alpha value is -0.420. The summed E-state index contributed by atoms with van der Waals surface area (Å²) in [5, 5.41) is 0. The summed E-state index contributed by atoms with van der Waals surface area (Å²) in [7, 11) is 1.10. The Morgan fingerprint density at radius 1 is 1.64 bits per heavy atom. The van der Waals surface area contributed by atoms with Crippen molar-refractivity contribution in [2.24, 2.45) is 5.73 Å². The zero-order valence-corrected chi connectivity index (χ0v) is 6.74. The molecule has 0 aliphatic rings. The first-order valence-electron chi connectivity index (χ1n) is 2.69. The van der Waals surface area contributed by atoms with Crippen molar-refractivity contribution in [2.75, 3.05) is 7.11 Å². The normalized spacial score (nSPS) is 12.1. The predicted molar refractivity (Wildman–Crippen MR) is 37.9 cm³/mol. The van der Waals surface area contributed by atoms with E-state index in [2.05, 4.69) is 4.74 Å². The monoisotopic (exact) mass is 189 g/mol. The van der Waals surface area contributed by atoms with Gasteiger partial charge in [0.05, 0.1) is 7.11 Å². The fourth-order valence-corrected chi connectivity index (χ4v) is 0.440. The van der Waals surface area contributed by atoms with Gasteiger partial charge in [0.25, 0.3) is 0 Å². The zero-order valence-electron chi connectivity index (χ0n) is 5.92. The maximum Gasteiger partial charge on any atom is 0.322 e. The van der Waals surface area contributed by atoms with Crippen LogP contribution in [0.25, 0.3) is 0 Å². The Morgan fingerprint density at radius 2 is 2.09 bits per heavy atom. The van der Waals surface area contributed by atoms with Gasteiger partial charge in [-0.2, -0.15) is 0 Å². The summed E-state index contributed by atoms with van der Waals surface area (Å²) in [6, 6.07) is -1.20. The van der Waals surface area contributed by atoms with Crippen molar-refractivity contribution in [1.29, 1.82) is 0 Å². The topological polar surface area (TPSA) is 52.3 Å². The molecule has 0 aromatic rings. The molecule has 0 spiro atoms. The summed E-state index contributed by atoms with van der Waals surface area (Å²) in [4.78, 5) is 10.4. The van der Waals surface area contributed by atoms with Crippen molar-refractivity contribution in [3.8, 4) is 0 Å². The first-order valence-corrected chi connectivity index (χ1v) is 2.69. The van der Waals surface area contributed by atoms with Crippen LogP contribution in [0.1, 0.15) is 6.42 Å². The van der Waals surface area contributed by atoms with Gasteiger partial charge in [-0.1, -0.05) is 0 Å². The van der Waals surface area contributed by atoms with E-state index >= 15 is 0 Å². The Bertz CT molecular complexity index is 123. The zero-order chi connectivity index (χ0) is 8.15. The minimum Gasteiger partial charge on any atom is -0.468 e. The van der Waals surface area contributed by atoms with E-state index in [1.807, 2.05) is 0 Å². The minimum atomic E-state index is -2.56. The Kier molecular flexibility index (Phi) is 7.55. The first-order chi connectivity index (χ1) is 4.57. The molecule has 68 valence electrons. The highest BCUT2D eigenvalue weighted by atomic mass is 35.5. The number of carbonyl (C=O) groups excluding carboxylic acids is 1. The van der Waals surface area contributed by atoms with Crippen molar-refractivity contribution in [3.05, 3.63) is 0 Å². The molecule has 6 heteroatoms. The molecule has 0 bridgehead atoms. The molecular formula is C5H10ClF2NO2. The van der Waals surface area contributed by atoms with Crippen LogP contribution < -0.4 is 5.73 Å². The second kappa shape index (κ2) is 6.30. The van der Waals surface area contributed by atoms with Gasteiger partial charge in [-0.15, -0.1) is 12.4 Å². The van der Waals surface area contributed by atoms with Crippen LogP contribution >= 0.6 is 12.4 Å². The summed E-state index contributed by atoms with van der Waals surface area (Å²) in [5.41, 5.74) is 4.97. The van der Waals surface area contributed by atoms with Gasteiger partial charge in [-0.05, 0) is 0 Å². The second-order valence-electron chi connectivity index (χ2n) is 1.76. The largest absolute Gasteiger partial charge is 0.468 e. The van der Waals surface area contributed by atoms with Crippen molar-refractivity contribution in [2.45, 2.75) is 18.9 Å². The SMILES string of the molecule is COC(=O)[C@H](N)CC(F)F.Cl. The second-order valence-corrected chi connectivity index (χ2v) is 1.76. The number of carbonyl (C=O) groups is 1. The van der Waals surface area contributed by atoms with Crippen LogP contribution in [0, 0.1) is 0 Å². The third kappa shape index (κ3) is 6.00. The molecule has 1 atom stereocenters. The average molecular weight is 190 g/mol. The van der Waals surface area contributed by atoms with E-state index in [0.29, 0.717) is 0 Å². The molecule has 0 rings (SSSR count). The Morgan fingerprint density at radius 3 is 2.36 bits per heavy atom. The molecule has 0 fully saturated rings. The summed E-state index contributed by atoms with van der Waals surface area (Å²) >= 11 is 0. The van der Waals surface area contributed by atoms with Crippen LogP contribution in [-0.2, 0) is 9.53 Å². The van der Waals surface area contributed by atoms with Gasteiger partial charge in [0.1, 0.15) is 6.04 Å². The van der Waals surface area contributed by atoms with Crippen molar-refractivity contribution >= 4 is 18.4 Å². The number of esters is 1. The van der Waals surface area contributed by atoms with Gasteiger partial charge < -0.3 is 10.5 Å². The molecular weight excluding hydrogens is 180 g/mol. The first kappa shape index (κ1) is 13.2. The average Bonchev–Trinajstić information content (AvgIpc) is 1.85. The van der Waals surface area contributed by atoms with Crippen LogP contribution in [0.2, 0.25) is 0 Å². The summed E-state index contributed by atoms with van der Waals surface area (Å²) in [5.74, 6) is -0.805. The minimum absolute atomic E-state index is 0. The van der Waals surface area contributed by atoms with Gasteiger partial charge in [0, 0.05) is 6.42 Å². The number of rotatable bonds is 3. The van der Waals surface area contributed by atoms with E-state index < -0.39 is 24.9 Å². The lowest BCUT2D eigenvalue weighted by atomic mass is 10.2. The van der Waals surface area contributed by atoms with Crippen molar-refractivity contribution in [1.82, 2.24) is 0 Å². The van der Waals surface area contributed by atoms with E-state index in [4.69, 9.17) is 5.73 Å². The molecule has 0 aromatic carbocycles. The lowest BCUT2D eigenvalue weighted by molar-refractivity contribution is -0.143. The van der Waals surface area contributed by atoms with Gasteiger partial charge in [0.2, 0.25) is 6.43 Å². The molecule has 0 saturated carbocycles. The number of halogens is 3. The van der Waals surface area contributed by atoms with E-state index in [1.165, 1.54) is 0 Å². The molecule has 0 heterocycles. The third-order valence-corrected chi connectivity index (χ3v) is 0.936. The third-order valence-electron chi connectivity index (χ3n) is 0.936. The van der Waals surface area contributed by atoms with Crippen LogP contribution in [-0.4, -0.2) is 25.5 Å². The highest BCUT2D eigenvalue weighted by Gasteiger charge is 2.18. The number of ether oxygens (including phenoxy) is 1. The summed E-state index contributed by atoms with van der Waals surface area (Å²) in [6.07, 6.45) is -3.21. The Labute approximate surface area is 69.3 Å². The Balaban J connectivity index is 0. The molecule has 0 aromatic heterocycles. The lowest BCUT2D eigenvalue weighted by Crippen LogP contribution is -2.33. The number of methoxy groups -OCH3 is 1. The fraction of sp³-hybridized carbons (Fsp3) is 0.800. The van der Waals surface area contributed by atoms with Crippen LogP contribution in [0.15, 0.2) is 0 Å². The van der Waals surface area contributed by atoms with Crippen LogP contribution in [0.3, 0.4) is 0 Å². The van der Waals surface area contributed by atoms with E-state index in [0.717, 1.165) is 7.11 Å². The molecule has 2 N–H and O–H groups in total. The number of nitrogens with two attached hydrogens (primary N) is 1. The molecule has 0 aliphatic carbocycles. The van der Waals surface area contributed by atoms with Crippen molar-refractivity contribution in [3.63, 3.8) is 0 Å². The summed E-state index contributed by atoms with van der Waals surface area (Å²) in [6.45, 7) is 0. The van der Waals surface area contributed by atoms with Crippen LogP contribution in [0.4, 0.5) is 8.78 Å². The molecule has 0 unspecified atom stereocenters. The highest BCUT2D eigenvalue weighted by molar-refractivity contribution is 5.85. The predicted octanol–water partition coefficient (Wildman–Crippen LogP) is 0.564. The molecule has 0 amide bonds. The van der Waals surface area contributed by atoms with Gasteiger partial charge in [-0.3, -0.25) is 4.79 Å². The number of hydrogen-bond donors (Lipinski definition) is 1.